The van der Waals surface area contributed by atoms with Crippen LogP contribution in [0.4, 0.5) is 11.4 Å². The number of anilines is 2. The number of fused-ring (bicyclic) bond motifs is 13. The van der Waals surface area contributed by atoms with Gasteiger partial charge in [0.2, 0.25) is 0 Å². The molecule has 0 radical (unpaired) electrons. The maximum atomic E-state index is 2.67. The minimum atomic E-state index is -0.0831. The monoisotopic (exact) mass is 696 g/mol. The Bertz CT molecular complexity index is 2930. The zero-order chi connectivity index (χ0) is 37.1. The summed E-state index contributed by atoms with van der Waals surface area (Å²) in [5, 5.41) is 5.23. The van der Waals surface area contributed by atoms with Crippen LogP contribution in [0, 0.1) is 0 Å². The highest BCUT2D eigenvalue weighted by atomic mass is 15.1. The molecule has 0 N–H and O–H groups in total. The van der Waals surface area contributed by atoms with E-state index < -0.39 is 0 Å². The topological polar surface area (TPSA) is 8.17 Å². The van der Waals surface area contributed by atoms with E-state index in [-0.39, 0.29) is 23.1 Å². The Hall–Kier alpha value is -5.54. The number of hydrogen-bond donors (Lipinski definition) is 0. The summed E-state index contributed by atoms with van der Waals surface area (Å²) in [6.45, 7) is 18.7. The first-order valence-corrected chi connectivity index (χ1v) is 19.6. The zero-order valence-electron chi connectivity index (χ0n) is 32.6. The van der Waals surface area contributed by atoms with Crippen molar-refractivity contribution in [3.8, 4) is 27.9 Å². The normalized spacial score (nSPS) is 15.1. The van der Waals surface area contributed by atoms with Gasteiger partial charge < -0.3 is 9.38 Å². The van der Waals surface area contributed by atoms with Crippen molar-refractivity contribution in [1.29, 1.82) is 0 Å². The first-order chi connectivity index (χ1) is 25.8. The smallest absolute Gasteiger partial charge is 0.333 e. The van der Waals surface area contributed by atoms with Crippen LogP contribution >= 0.6 is 0 Å². The van der Waals surface area contributed by atoms with Crippen LogP contribution in [0.2, 0.25) is 0 Å². The molecule has 2 aliphatic heterocycles. The second-order valence-electron chi connectivity index (χ2n) is 18.6. The molecule has 3 heterocycles. The fourth-order valence-corrected chi connectivity index (χ4v) is 10.2. The molecule has 0 unspecified atom stereocenters. The Morgan fingerprint density at radius 2 is 1.24 bits per heavy atom. The third-order valence-electron chi connectivity index (χ3n) is 13.1. The molecule has 11 rings (SSSR count). The molecule has 7 aromatic carbocycles. The van der Waals surface area contributed by atoms with Gasteiger partial charge in [0.1, 0.15) is 0 Å². The minimum absolute atomic E-state index is 0.00148. The molecular weight excluding hydrogens is 651 g/mol. The Balaban J connectivity index is 1.31. The first-order valence-electron chi connectivity index (χ1n) is 19.6. The average molecular weight is 697 g/mol. The summed E-state index contributed by atoms with van der Waals surface area (Å²) in [4.78, 5) is 2.67. The lowest BCUT2D eigenvalue weighted by Gasteiger charge is -2.43. The van der Waals surface area contributed by atoms with E-state index in [4.69, 9.17) is 0 Å². The van der Waals surface area contributed by atoms with Crippen molar-refractivity contribution in [3.05, 3.63) is 150 Å². The van der Waals surface area contributed by atoms with E-state index in [9.17, 15) is 0 Å². The molecule has 0 bridgehead atoms. The summed E-state index contributed by atoms with van der Waals surface area (Å²) in [5.74, 6) is 0. The average Bonchev–Trinajstić information content (AvgIpc) is 3.60. The van der Waals surface area contributed by atoms with Crippen LogP contribution in [-0.2, 0) is 16.2 Å². The molecule has 3 heteroatoms. The SMILES string of the molecule is CC(C)(C)c1ccc(N2B3c4cc(C(C)(C)C)ccc4-n4c5cc6c(cc5c5ccc(c3c54)-c3c2ccc2ccccc32)-c2ccccc2C6(C)C)cc1. The van der Waals surface area contributed by atoms with Gasteiger partial charge in [-0.3, -0.25) is 0 Å². The summed E-state index contributed by atoms with van der Waals surface area (Å²) in [6.07, 6.45) is 0. The summed E-state index contributed by atoms with van der Waals surface area (Å²) in [7, 11) is 0. The van der Waals surface area contributed by atoms with Gasteiger partial charge in [0, 0.05) is 38.8 Å². The van der Waals surface area contributed by atoms with Crippen LogP contribution in [0.1, 0.15) is 77.6 Å². The largest absolute Gasteiger partial charge is 0.376 e. The Morgan fingerprint density at radius 3 is 2.02 bits per heavy atom. The lowest BCUT2D eigenvalue weighted by molar-refractivity contribution is 0.590. The van der Waals surface area contributed by atoms with Crippen molar-refractivity contribution in [3.63, 3.8) is 0 Å². The van der Waals surface area contributed by atoms with Crippen LogP contribution < -0.4 is 15.7 Å². The van der Waals surface area contributed by atoms with Crippen molar-refractivity contribution >= 4 is 61.7 Å². The Labute approximate surface area is 319 Å². The van der Waals surface area contributed by atoms with Gasteiger partial charge in [0.05, 0.1) is 11.0 Å². The fraction of sp³-hybridized carbons (Fsp3) is 0.216. The van der Waals surface area contributed by atoms with Crippen LogP contribution in [0.3, 0.4) is 0 Å². The molecule has 0 fully saturated rings. The van der Waals surface area contributed by atoms with Crippen molar-refractivity contribution < 1.29 is 0 Å². The van der Waals surface area contributed by atoms with E-state index in [2.05, 4.69) is 192 Å². The summed E-state index contributed by atoms with van der Waals surface area (Å²) in [5.41, 5.74) is 20.1. The van der Waals surface area contributed by atoms with E-state index >= 15 is 0 Å². The van der Waals surface area contributed by atoms with Crippen LogP contribution in [0.5, 0.6) is 0 Å². The maximum Gasteiger partial charge on any atom is 0.333 e. The van der Waals surface area contributed by atoms with Gasteiger partial charge in [-0.1, -0.05) is 146 Å². The maximum absolute atomic E-state index is 2.67. The van der Waals surface area contributed by atoms with Crippen molar-refractivity contribution in [2.75, 3.05) is 4.81 Å². The van der Waals surface area contributed by atoms with Crippen molar-refractivity contribution in [2.45, 2.75) is 71.6 Å². The third kappa shape index (κ3) is 4.08. The molecular formula is C51H45BN2. The number of hydrogen-bond acceptors (Lipinski definition) is 1. The van der Waals surface area contributed by atoms with E-state index in [1.165, 1.54) is 105 Å². The minimum Gasteiger partial charge on any atom is -0.376 e. The van der Waals surface area contributed by atoms with Gasteiger partial charge in [0.15, 0.2) is 0 Å². The van der Waals surface area contributed by atoms with Crippen LogP contribution in [-0.4, -0.2) is 11.4 Å². The molecule has 262 valence electrons. The standard InChI is InChI=1S/C51H45BN2/c1-49(2,3)31-18-21-33(22-19-31)54-44-25-17-30-13-9-10-14-34(30)46(44)37-24-23-36-39-28-38-35-15-11-12-16-40(35)51(7,8)41(38)29-45(39)53-43-26-20-32(50(4,5)6)27-42(43)52(54)47(37)48(36)53/h9-29H,1-8H3. The van der Waals surface area contributed by atoms with E-state index in [0.717, 1.165) is 0 Å². The molecule has 1 aliphatic carbocycles. The lowest BCUT2D eigenvalue weighted by Crippen LogP contribution is -2.60. The highest BCUT2D eigenvalue weighted by Gasteiger charge is 2.45. The quantitative estimate of drug-likeness (QED) is 0.155. The van der Waals surface area contributed by atoms with Gasteiger partial charge >= 0.3 is 6.85 Å². The van der Waals surface area contributed by atoms with Crippen LogP contribution in [0.15, 0.2) is 127 Å². The van der Waals surface area contributed by atoms with Crippen LogP contribution in [0.25, 0.3) is 60.5 Å². The molecule has 0 amide bonds. The predicted octanol–water partition coefficient (Wildman–Crippen LogP) is 12.1. The van der Waals surface area contributed by atoms with Crippen molar-refractivity contribution in [1.82, 2.24) is 4.57 Å². The summed E-state index contributed by atoms with van der Waals surface area (Å²) < 4.78 is 2.64. The second kappa shape index (κ2) is 10.4. The Kier molecular flexibility index (Phi) is 6.13. The number of aromatic nitrogens is 1. The highest BCUT2D eigenvalue weighted by Crippen LogP contribution is 2.52. The van der Waals surface area contributed by atoms with Crippen molar-refractivity contribution in [2.24, 2.45) is 0 Å². The number of nitrogens with zero attached hydrogens (tertiary/aromatic N) is 2. The zero-order valence-corrected chi connectivity index (χ0v) is 32.6. The van der Waals surface area contributed by atoms with E-state index in [0.29, 0.717) is 0 Å². The molecule has 1 aromatic heterocycles. The Morgan fingerprint density at radius 1 is 0.537 bits per heavy atom. The molecule has 3 aliphatic rings. The van der Waals surface area contributed by atoms with Gasteiger partial charge in [-0.2, -0.15) is 0 Å². The van der Waals surface area contributed by atoms with Gasteiger partial charge in [-0.15, -0.1) is 0 Å². The molecule has 0 saturated carbocycles. The number of rotatable bonds is 1. The molecule has 8 aromatic rings. The molecule has 0 saturated heterocycles. The molecule has 54 heavy (non-hydrogen) atoms. The second-order valence-corrected chi connectivity index (χ2v) is 18.6. The third-order valence-corrected chi connectivity index (χ3v) is 13.1. The highest BCUT2D eigenvalue weighted by molar-refractivity contribution is 6.93. The van der Waals surface area contributed by atoms with E-state index in [1.54, 1.807) is 0 Å². The van der Waals surface area contributed by atoms with E-state index in [1.807, 2.05) is 0 Å². The first kappa shape index (κ1) is 31.9. The molecule has 0 spiro atoms. The molecule has 0 atom stereocenters. The molecule has 2 nitrogen and oxygen atoms in total. The summed E-state index contributed by atoms with van der Waals surface area (Å²) >= 11 is 0. The van der Waals surface area contributed by atoms with Gasteiger partial charge in [-0.05, 0) is 108 Å². The lowest BCUT2D eigenvalue weighted by atomic mass is 9.43. The summed E-state index contributed by atoms with van der Waals surface area (Å²) in [6, 6.07) is 49.4. The fourth-order valence-electron chi connectivity index (χ4n) is 10.2. The predicted molar refractivity (Wildman–Crippen MR) is 232 cm³/mol. The number of benzene rings is 7. The van der Waals surface area contributed by atoms with Gasteiger partial charge in [0.25, 0.3) is 0 Å². The van der Waals surface area contributed by atoms with Gasteiger partial charge in [-0.25, -0.2) is 0 Å².